The molecule has 72 heavy (non-hydrogen) atoms. The van der Waals surface area contributed by atoms with E-state index in [-0.39, 0.29) is 9.79 Å². The van der Waals surface area contributed by atoms with Crippen molar-refractivity contribution in [2.45, 2.75) is 16.7 Å². The van der Waals surface area contributed by atoms with Crippen molar-refractivity contribution in [1.82, 2.24) is 9.97 Å². The molecule has 0 bridgehead atoms. The SMILES string of the molecule is COc1cc2nccc(Oc3ccc(NS(=O)(=O)c4cccc(-c5ccccc5)c4)cc3C)c2cc1OC.COc1ccc(S(=O)(=O)Nc2ccc(Oc3ccnc4cc(OC)c(OC)cc34)cc2)cc1Br. The number of nitrogens with one attached hydrogen (secondary N) is 2. The molecule has 0 aliphatic heterocycles. The molecule has 0 spiro atoms. The predicted octanol–water partition coefficient (Wildman–Crippen LogP) is 12.4. The number of ether oxygens (including phenoxy) is 7. The molecule has 15 nitrogen and oxygen atoms in total. The van der Waals surface area contributed by atoms with Crippen molar-refractivity contribution in [3.8, 4) is 62.9 Å². The summed E-state index contributed by atoms with van der Waals surface area (Å²) in [5, 5.41) is 1.50. The van der Waals surface area contributed by atoms with Gasteiger partial charge in [0.2, 0.25) is 0 Å². The Balaban J connectivity index is 0.000000194. The van der Waals surface area contributed by atoms with Gasteiger partial charge < -0.3 is 33.2 Å². The van der Waals surface area contributed by atoms with Gasteiger partial charge in [-0.25, -0.2) is 16.8 Å². The third-order valence-corrected chi connectivity index (χ3v) is 14.5. The molecule has 0 unspecified atom stereocenters. The fourth-order valence-electron chi connectivity index (χ4n) is 7.45. The van der Waals surface area contributed by atoms with Crippen LogP contribution in [0.1, 0.15) is 5.56 Å². The van der Waals surface area contributed by atoms with E-state index in [2.05, 4.69) is 35.3 Å². The first-order chi connectivity index (χ1) is 34.7. The lowest BCUT2D eigenvalue weighted by molar-refractivity contribution is 0.355. The number of pyridine rings is 2. The van der Waals surface area contributed by atoms with Crippen molar-refractivity contribution >= 4 is 69.2 Å². The van der Waals surface area contributed by atoms with Crippen molar-refractivity contribution in [2.24, 2.45) is 0 Å². The summed E-state index contributed by atoms with van der Waals surface area (Å²) in [5.74, 6) is 5.08. The summed E-state index contributed by atoms with van der Waals surface area (Å²) in [7, 11) is 0.194. The molecule has 2 N–H and O–H groups in total. The highest BCUT2D eigenvalue weighted by Crippen LogP contribution is 2.40. The minimum atomic E-state index is -3.80. The molecule has 2 aromatic heterocycles. The lowest BCUT2D eigenvalue weighted by Gasteiger charge is -2.15. The summed E-state index contributed by atoms with van der Waals surface area (Å²) in [6, 6.07) is 43.5. The zero-order chi connectivity index (χ0) is 51.0. The molecule has 18 heteroatoms. The van der Waals surface area contributed by atoms with Crippen LogP contribution in [0.4, 0.5) is 11.4 Å². The van der Waals surface area contributed by atoms with Gasteiger partial charge >= 0.3 is 0 Å². The van der Waals surface area contributed by atoms with Gasteiger partial charge in [-0.2, -0.15) is 0 Å². The maximum atomic E-state index is 13.2. The van der Waals surface area contributed by atoms with Gasteiger partial charge in [0, 0.05) is 46.7 Å². The molecule has 9 rings (SSSR count). The number of anilines is 2. The Hall–Kier alpha value is -8.06. The Kier molecular flexibility index (Phi) is 15.3. The second-order valence-corrected chi connectivity index (χ2v) is 19.9. The van der Waals surface area contributed by atoms with Crippen LogP contribution in [0.25, 0.3) is 32.9 Å². The monoisotopic (exact) mass is 1070 g/mol. The summed E-state index contributed by atoms with van der Waals surface area (Å²) in [4.78, 5) is 9.06. The number of hydrogen-bond acceptors (Lipinski definition) is 13. The number of hydrogen-bond donors (Lipinski definition) is 2. The van der Waals surface area contributed by atoms with Crippen LogP contribution in [0.15, 0.2) is 178 Å². The second kappa shape index (κ2) is 21.9. The molecule has 7 aromatic carbocycles. The Bertz CT molecular complexity index is 3640. The highest BCUT2D eigenvalue weighted by Gasteiger charge is 2.19. The molecule has 0 aliphatic rings. The Morgan fingerprint density at radius 2 is 0.931 bits per heavy atom. The van der Waals surface area contributed by atoms with Crippen LogP contribution in [-0.4, -0.2) is 62.4 Å². The van der Waals surface area contributed by atoms with Crippen molar-refractivity contribution in [3.63, 3.8) is 0 Å². The fraction of sp³-hybridized carbons (Fsp3) is 0.111. The van der Waals surface area contributed by atoms with E-state index in [9.17, 15) is 16.8 Å². The summed E-state index contributed by atoms with van der Waals surface area (Å²) in [5.41, 5.74) is 4.74. The van der Waals surface area contributed by atoms with Crippen LogP contribution in [-0.2, 0) is 20.0 Å². The van der Waals surface area contributed by atoms with Crippen molar-refractivity contribution in [2.75, 3.05) is 45.0 Å². The highest BCUT2D eigenvalue weighted by molar-refractivity contribution is 9.10. The van der Waals surface area contributed by atoms with Crippen LogP contribution in [0.5, 0.6) is 51.7 Å². The molecule has 0 atom stereocenters. The quantitative estimate of drug-likeness (QED) is 0.0933. The van der Waals surface area contributed by atoms with Crippen LogP contribution in [0.3, 0.4) is 0 Å². The first kappa shape index (κ1) is 50.3. The summed E-state index contributed by atoms with van der Waals surface area (Å²) >= 11 is 3.31. The van der Waals surface area contributed by atoms with E-state index in [1.165, 1.54) is 19.2 Å². The fourth-order valence-corrected chi connectivity index (χ4v) is 10.3. The first-order valence-corrected chi connectivity index (χ1v) is 25.6. The Morgan fingerprint density at radius 1 is 0.431 bits per heavy atom. The zero-order valence-electron chi connectivity index (χ0n) is 39.7. The highest BCUT2D eigenvalue weighted by atomic mass is 79.9. The van der Waals surface area contributed by atoms with Gasteiger partial charge in [0.05, 0.1) is 60.8 Å². The van der Waals surface area contributed by atoms with E-state index in [1.54, 1.807) is 138 Å². The van der Waals surface area contributed by atoms with Gasteiger partial charge in [-0.15, -0.1) is 0 Å². The Morgan fingerprint density at radius 3 is 1.49 bits per heavy atom. The number of rotatable bonds is 16. The van der Waals surface area contributed by atoms with Crippen LogP contribution in [0.2, 0.25) is 0 Å². The largest absolute Gasteiger partial charge is 0.496 e. The molecule has 0 aliphatic carbocycles. The molecule has 0 fully saturated rings. The van der Waals surface area contributed by atoms with Gasteiger partial charge in [-0.05, 0) is 137 Å². The minimum Gasteiger partial charge on any atom is -0.496 e. The summed E-state index contributed by atoms with van der Waals surface area (Å²) in [6.45, 7) is 1.86. The normalized spacial score (nSPS) is 11.2. The van der Waals surface area contributed by atoms with Crippen LogP contribution < -0.4 is 42.6 Å². The lowest BCUT2D eigenvalue weighted by Crippen LogP contribution is -2.13. The van der Waals surface area contributed by atoms with E-state index in [4.69, 9.17) is 33.2 Å². The van der Waals surface area contributed by atoms with Gasteiger partial charge in [-0.1, -0.05) is 42.5 Å². The second-order valence-electron chi connectivity index (χ2n) is 15.7. The topological polar surface area (TPSA) is 183 Å². The molecular weight excluding hydrogens is 1020 g/mol. The van der Waals surface area contributed by atoms with E-state index < -0.39 is 20.0 Å². The number of fused-ring (bicyclic) bond motifs is 2. The standard InChI is InChI=1S/C30H26N2O5S.C24H21BrN2O6S/c1-20-16-23(32-38(33,34)24-11-7-10-22(17-24)21-8-5-4-6-9-21)12-13-27(20)37-28-14-15-31-26-19-30(36-3)29(35-2)18-25(26)28;1-30-22-9-8-17(12-19(22)25)34(28,29)27-15-4-6-16(7-5-15)33-21-10-11-26-20-14-24(32-3)23(31-2)13-18(20)21/h4-19,32H,1-3H3;4-14,27H,1-3H3. The van der Waals surface area contributed by atoms with Gasteiger partial charge in [0.25, 0.3) is 20.0 Å². The van der Waals surface area contributed by atoms with Gasteiger partial charge in [0.15, 0.2) is 23.0 Å². The first-order valence-electron chi connectivity index (χ1n) is 21.8. The molecule has 0 amide bonds. The van der Waals surface area contributed by atoms with Gasteiger partial charge in [0.1, 0.15) is 28.7 Å². The average Bonchev–Trinajstić information content (AvgIpc) is 3.39. The van der Waals surface area contributed by atoms with Crippen LogP contribution in [0, 0.1) is 6.92 Å². The molecule has 0 saturated carbocycles. The summed E-state index contributed by atoms with van der Waals surface area (Å²) in [6.07, 6.45) is 3.30. The minimum absolute atomic E-state index is 0.105. The van der Waals surface area contributed by atoms with E-state index in [0.29, 0.717) is 78.6 Å². The molecule has 368 valence electrons. The maximum absolute atomic E-state index is 13.2. The number of aryl methyl sites for hydroxylation is 1. The van der Waals surface area contributed by atoms with Gasteiger partial charge in [-0.3, -0.25) is 19.4 Å². The van der Waals surface area contributed by atoms with E-state index in [0.717, 1.165) is 27.5 Å². The number of aromatic nitrogens is 2. The van der Waals surface area contributed by atoms with Crippen LogP contribution >= 0.6 is 15.9 Å². The van der Waals surface area contributed by atoms with Crippen molar-refractivity contribution in [3.05, 3.63) is 174 Å². The molecule has 0 saturated heterocycles. The van der Waals surface area contributed by atoms with E-state index >= 15 is 0 Å². The number of nitrogens with zero attached hydrogens (tertiary/aromatic N) is 2. The maximum Gasteiger partial charge on any atom is 0.261 e. The average molecular weight is 1070 g/mol. The number of sulfonamides is 2. The Labute approximate surface area is 425 Å². The molecule has 9 aromatic rings. The zero-order valence-corrected chi connectivity index (χ0v) is 42.9. The molecular formula is C54H47BrN4O11S2. The lowest BCUT2D eigenvalue weighted by atomic mass is 10.1. The van der Waals surface area contributed by atoms with Crippen molar-refractivity contribution < 1.29 is 50.0 Å². The molecule has 2 heterocycles. The molecule has 0 radical (unpaired) electrons. The number of halogens is 1. The smallest absolute Gasteiger partial charge is 0.261 e. The predicted molar refractivity (Wildman–Crippen MR) is 282 cm³/mol. The summed E-state index contributed by atoms with van der Waals surface area (Å²) < 4.78 is 96.5. The third kappa shape index (κ3) is 11.4. The van der Waals surface area contributed by atoms with E-state index in [1.807, 2.05) is 49.4 Å². The third-order valence-electron chi connectivity index (χ3n) is 11.1. The van der Waals surface area contributed by atoms with Crippen molar-refractivity contribution in [1.29, 1.82) is 0 Å². The number of benzene rings is 7. The number of methoxy groups -OCH3 is 5.